The highest BCUT2D eigenvalue weighted by atomic mass is 15.1. The lowest BCUT2D eigenvalue weighted by Gasteiger charge is -2.32. The van der Waals surface area contributed by atoms with E-state index in [0.29, 0.717) is 34.2 Å². The summed E-state index contributed by atoms with van der Waals surface area (Å²) in [6, 6.07) is 17.9. The van der Waals surface area contributed by atoms with Gasteiger partial charge in [-0.2, -0.15) is 15.8 Å². The number of nitrogens with zero attached hydrogens (tertiary/aromatic N) is 5. The molecule has 0 saturated carbocycles. The van der Waals surface area contributed by atoms with Gasteiger partial charge in [0, 0.05) is 6.54 Å². The summed E-state index contributed by atoms with van der Waals surface area (Å²) in [5.74, 6) is 0.912. The molecule has 2 aromatic carbocycles. The highest BCUT2D eigenvalue weighted by molar-refractivity contribution is 5.60. The van der Waals surface area contributed by atoms with Crippen molar-refractivity contribution >= 4 is 5.69 Å². The summed E-state index contributed by atoms with van der Waals surface area (Å²) in [5.41, 5.74) is 10.6. The fraction of sp³-hybridized carbons (Fsp3) is 0.452. The SMILES string of the molecule is C=CCN1CCC(c2cccc(C#N)c2N)CC1.CCCN1CCC(c2cccc(C#N)c2C#N)CC1. The molecular formula is C31H38N6. The molecule has 0 aromatic heterocycles. The number of piperidine rings is 2. The van der Waals surface area contributed by atoms with Crippen LogP contribution in [0.1, 0.15) is 78.7 Å². The van der Waals surface area contributed by atoms with Crippen LogP contribution in [0, 0.1) is 34.0 Å². The van der Waals surface area contributed by atoms with Crippen LogP contribution in [0.2, 0.25) is 0 Å². The van der Waals surface area contributed by atoms with Gasteiger partial charge >= 0.3 is 0 Å². The number of anilines is 1. The first kappa shape index (κ1) is 27.9. The van der Waals surface area contributed by atoms with Crippen molar-refractivity contribution in [3.8, 4) is 18.2 Å². The fourth-order valence-corrected chi connectivity index (χ4v) is 5.56. The van der Waals surface area contributed by atoms with Gasteiger partial charge in [-0.3, -0.25) is 4.90 Å². The van der Waals surface area contributed by atoms with Gasteiger partial charge in [-0.1, -0.05) is 37.3 Å². The Morgan fingerprint density at radius 3 is 1.92 bits per heavy atom. The third-order valence-electron chi connectivity index (χ3n) is 7.57. The van der Waals surface area contributed by atoms with Crippen molar-refractivity contribution < 1.29 is 0 Å². The van der Waals surface area contributed by atoms with Crippen LogP contribution in [-0.2, 0) is 0 Å². The van der Waals surface area contributed by atoms with Crippen molar-refractivity contribution in [3.63, 3.8) is 0 Å². The number of nitriles is 3. The quantitative estimate of drug-likeness (QED) is 0.418. The van der Waals surface area contributed by atoms with E-state index in [1.807, 2.05) is 24.3 Å². The van der Waals surface area contributed by atoms with Crippen molar-refractivity contribution in [1.29, 1.82) is 15.8 Å². The van der Waals surface area contributed by atoms with Gasteiger partial charge in [0.2, 0.25) is 0 Å². The number of likely N-dealkylation sites (tertiary alicyclic amines) is 2. The third-order valence-corrected chi connectivity index (χ3v) is 7.57. The van der Waals surface area contributed by atoms with E-state index in [9.17, 15) is 5.26 Å². The zero-order valence-corrected chi connectivity index (χ0v) is 22.0. The minimum absolute atomic E-state index is 0.427. The molecule has 2 fully saturated rings. The number of para-hydroxylation sites is 1. The normalized spacial score (nSPS) is 17.0. The van der Waals surface area contributed by atoms with Gasteiger partial charge in [0.25, 0.3) is 0 Å². The number of hydrogen-bond acceptors (Lipinski definition) is 6. The molecule has 4 rings (SSSR count). The summed E-state index contributed by atoms with van der Waals surface area (Å²) in [6.45, 7) is 12.4. The van der Waals surface area contributed by atoms with Crippen LogP contribution in [0.3, 0.4) is 0 Å². The molecular weight excluding hydrogens is 456 g/mol. The summed E-state index contributed by atoms with van der Waals surface area (Å²) < 4.78 is 0. The average molecular weight is 495 g/mol. The summed E-state index contributed by atoms with van der Waals surface area (Å²) in [6.07, 6.45) is 7.52. The van der Waals surface area contributed by atoms with E-state index in [0.717, 1.165) is 76.1 Å². The molecule has 2 aliphatic heterocycles. The maximum Gasteiger partial charge on any atom is 0.101 e. The molecule has 0 bridgehead atoms. The van der Waals surface area contributed by atoms with Crippen molar-refractivity contribution in [2.24, 2.45) is 0 Å². The molecule has 2 aliphatic rings. The van der Waals surface area contributed by atoms with E-state index in [1.165, 1.54) is 6.42 Å². The van der Waals surface area contributed by atoms with Crippen molar-refractivity contribution in [2.45, 2.75) is 50.9 Å². The van der Waals surface area contributed by atoms with Crippen molar-refractivity contribution in [1.82, 2.24) is 9.80 Å². The predicted molar refractivity (Wildman–Crippen MR) is 149 cm³/mol. The van der Waals surface area contributed by atoms with Crippen LogP contribution < -0.4 is 5.73 Å². The maximum atomic E-state index is 9.29. The molecule has 192 valence electrons. The summed E-state index contributed by atoms with van der Waals surface area (Å²) >= 11 is 0. The van der Waals surface area contributed by atoms with Crippen LogP contribution in [0.4, 0.5) is 5.69 Å². The van der Waals surface area contributed by atoms with E-state index in [1.54, 1.807) is 12.1 Å². The molecule has 2 N–H and O–H groups in total. The second-order valence-electron chi connectivity index (χ2n) is 9.89. The molecule has 0 aliphatic carbocycles. The molecule has 0 atom stereocenters. The third kappa shape index (κ3) is 7.21. The Labute approximate surface area is 222 Å². The summed E-state index contributed by atoms with van der Waals surface area (Å²) in [5, 5.41) is 27.4. The molecule has 0 unspecified atom stereocenters. The lowest BCUT2D eigenvalue weighted by atomic mass is 9.85. The van der Waals surface area contributed by atoms with Gasteiger partial charge in [0.15, 0.2) is 0 Å². The second-order valence-corrected chi connectivity index (χ2v) is 9.89. The first-order valence-electron chi connectivity index (χ1n) is 13.3. The number of benzene rings is 2. The average Bonchev–Trinajstić information content (AvgIpc) is 2.94. The van der Waals surface area contributed by atoms with E-state index in [2.05, 4.69) is 47.6 Å². The largest absolute Gasteiger partial charge is 0.397 e. The van der Waals surface area contributed by atoms with Crippen molar-refractivity contribution in [2.75, 3.05) is 45.0 Å². The number of nitrogen functional groups attached to an aromatic ring is 1. The van der Waals surface area contributed by atoms with Crippen LogP contribution in [0.5, 0.6) is 0 Å². The maximum absolute atomic E-state index is 9.29. The van der Waals surface area contributed by atoms with Gasteiger partial charge in [0.1, 0.15) is 18.2 Å². The van der Waals surface area contributed by atoms with Gasteiger partial charge in [0.05, 0.1) is 22.4 Å². The topological polar surface area (TPSA) is 104 Å². The molecule has 2 aromatic rings. The Morgan fingerprint density at radius 2 is 1.38 bits per heavy atom. The lowest BCUT2D eigenvalue weighted by molar-refractivity contribution is 0.212. The van der Waals surface area contributed by atoms with Crippen LogP contribution in [0.25, 0.3) is 0 Å². The number of rotatable bonds is 6. The highest BCUT2D eigenvalue weighted by Crippen LogP contribution is 2.33. The van der Waals surface area contributed by atoms with Gasteiger partial charge in [-0.15, -0.1) is 6.58 Å². The Morgan fingerprint density at radius 1 is 0.838 bits per heavy atom. The summed E-state index contributed by atoms with van der Waals surface area (Å²) in [4.78, 5) is 4.88. The fourth-order valence-electron chi connectivity index (χ4n) is 5.56. The minimum Gasteiger partial charge on any atom is -0.397 e. The van der Waals surface area contributed by atoms with E-state index in [4.69, 9.17) is 16.3 Å². The molecule has 6 heteroatoms. The Hall–Kier alpha value is -3.63. The minimum atomic E-state index is 0.427. The molecule has 6 nitrogen and oxygen atoms in total. The molecule has 0 radical (unpaired) electrons. The van der Waals surface area contributed by atoms with E-state index in [-0.39, 0.29) is 0 Å². The standard InChI is InChI=1S/C16H19N3.C15H19N3/c1-2-8-19-9-6-13(7-10-19)15-5-3-4-14(11-17)16(15)12-18;1-2-8-18-9-6-12(7-10-18)14-5-3-4-13(11-16)15(14)17/h3-5,13H,2,6-10H2,1H3;2-5,12H,1,6-10,17H2. The Bertz CT molecular complexity index is 1170. The van der Waals surface area contributed by atoms with Gasteiger partial charge in [-0.05, 0) is 99.9 Å². The van der Waals surface area contributed by atoms with Crippen LogP contribution in [0.15, 0.2) is 49.1 Å². The Balaban J connectivity index is 0.000000206. The molecule has 2 saturated heterocycles. The molecule has 0 amide bonds. The van der Waals surface area contributed by atoms with Gasteiger partial charge < -0.3 is 10.6 Å². The van der Waals surface area contributed by atoms with Crippen molar-refractivity contribution in [3.05, 3.63) is 76.9 Å². The Kier molecular flexibility index (Phi) is 10.7. The number of hydrogen-bond donors (Lipinski definition) is 1. The zero-order valence-electron chi connectivity index (χ0n) is 22.0. The molecule has 37 heavy (non-hydrogen) atoms. The smallest absolute Gasteiger partial charge is 0.101 e. The molecule has 2 heterocycles. The zero-order chi connectivity index (χ0) is 26.6. The first-order valence-corrected chi connectivity index (χ1v) is 13.3. The van der Waals surface area contributed by atoms with Crippen LogP contribution in [-0.4, -0.2) is 49.1 Å². The van der Waals surface area contributed by atoms with Crippen LogP contribution >= 0.6 is 0 Å². The summed E-state index contributed by atoms with van der Waals surface area (Å²) in [7, 11) is 0. The van der Waals surface area contributed by atoms with E-state index < -0.39 is 0 Å². The number of nitrogens with two attached hydrogens (primary N) is 1. The predicted octanol–water partition coefficient (Wildman–Crippen LogP) is 5.53. The molecule has 0 spiro atoms. The first-order chi connectivity index (χ1) is 18.1. The second kappa shape index (κ2) is 14.2. The van der Waals surface area contributed by atoms with E-state index >= 15 is 0 Å². The lowest BCUT2D eigenvalue weighted by Crippen LogP contribution is -2.33. The van der Waals surface area contributed by atoms with Gasteiger partial charge in [-0.25, -0.2) is 0 Å². The highest BCUT2D eigenvalue weighted by Gasteiger charge is 2.24. The monoisotopic (exact) mass is 494 g/mol.